The van der Waals surface area contributed by atoms with E-state index >= 15 is 0 Å². The van der Waals surface area contributed by atoms with Crippen LogP contribution in [0, 0.1) is 11.3 Å². The zero-order valence-electron chi connectivity index (χ0n) is 12.2. The maximum atomic E-state index is 12.1. The molecule has 0 bridgehead atoms. The van der Waals surface area contributed by atoms with Crippen LogP contribution in [0.25, 0.3) is 0 Å². The lowest BCUT2D eigenvalue weighted by atomic mass is 10.1. The van der Waals surface area contributed by atoms with E-state index in [1.807, 2.05) is 18.2 Å². The number of anilines is 1. The number of carbonyl (C=O) groups is 2. The number of nitriles is 1. The van der Waals surface area contributed by atoms with Gasteiger partial charge in [0.05, 0.1) is 6.07 Å². The Bertz CT molecular complexity index is 751. The molecule has 2 amide bonds. The average Bonchev–Trinajstić information content (AvgIpc) is 2.55. The molecule has 0 atom stereocenters. The van der Waals surface area contributed by atoms with Gasteiger partial charge in [0.2, 0.25) is 5.91 Å². The molecule has 0 aromatic heterocycles. The summed E-state index contributed by atoms with van der Waals surface area (Å²) < 4.78 is 0. The summed E-state index contributed by atoms with van der Waals surface area (Å²) in [6.45, 7) is 0.333. The Labute approximate surface area is 138 Å². The molecule has 0 saturated carbocycles. The van der Waals surface area contributed by atoms with Crippen molar-refractivity contribution in [2.24, 2.45) is 0 Å². The molecule has 2 aromatic carbocycles. The molecule has 0 aliphatic rings. The third-order valence-corrected chi connectivity index (χ3v) is 3.44. The SMILES string of the molecule is N#CCC(=O)Nc1ccc(C(=O)NCc2ccccc2Cl)cc1. The molecule has 0 radical (unpaired) electrons. The molecule has 0 aliphatic carbocycles. The van der Waals surface area contributed by atoms with Gasteiger partial charge in [-0.2, -0.15) is 5.26 Å². The van der Waals surface area contributed by atoms with Crippen LogP contribution in [0.5, 0.6) is 0 Å². The minimum Gasteiger partial charge on any atom is -0.348 e. The summed E-state index contributed by atoms with van der Waals surface area (Å²) >= 11 is 6.03. The fraction of sp³-hybridized carbons (Fsp3) is 0.118. The molecule has 0 fully saturated rings. The number of hydrogen-bond acceptors (Lipinski definition) is 3. The van der Waals surface area contributed by atoms with Crippen molar-refractivity contribution in [2.75, 3.05) is 5.32 Å². The molecule has 2 rings (SSSR count). The van der Waals surface area contributed by atoms with Crippen molar-refractivity contribution in [3.63, 3.8) is 0 Å². The predicted octanol–water partition coefficient (Wildman–Crippen LogP) is 3.12. The molecule has 0 aliphatic heterocycles. The second kappa shape index (κ2) is 7.97. The van der Waals surface area contributed by atoms with Crippen LogP contribution < -0.4 is 10.6 Å². The van der Waals surface area contributed by atoms with E-state index in [-0.39, 0.29) is 18.2 Å². The van der Waals surface area contributed by atoms with Gasteiger partial charge in [-0.05, 0) is 35.9 Å². The third kappa shape index (κ3) is 4.83. The van der Waals surface area contributed by atoms with Crippen LogP contribution in [0.2, 0.25) is 5.02 Å². The fourth-order valence-corrected chi connectivity index (χ4v) is 2.10. The smallest absolute Gasteiger partial charge is 0.251 e. The number of nitrogens with zero attached hydrogens (tertiary/aromatic N) is 1. The maximum Gasteiger partial charge on any atom is 0.251 e. The fourth-order valence-electron chi connectivity index (χ4n) is 1.90. The standard InChI is InChI=1S/C17H14ClN3O2/c18-15-4-2-1-3-13(15)11-20-17(23)12-5-7-14(8-6-12)21-16(22)9-10-19/h1-8H,9,11H2,(H,20,23)(H,21,22). The van der Waals surface area contributed by atoms with Crippen molar-refractivity contribution in [1.82, 2.24) is 5.32 Å². The quantitative estimate of drug-likeness (QED) is 0.885. The summed E-state index contributed by atoms with van der Waals surface area (Å²) in [6, 6.07) is 15.5. The van der Waals surface area contributed by atoms with Crippen molar-refractivity contribution >= 4 is 29.1 Å². The first-order valence-electron chi connectivity index (χ1n) is 6.88. The van der Waals surface area contributed by atoms with Gasteiger partial charge in [-0.25, -0.2) is 0 Å². The Morgan fingerprint density at radius 2 is 1.78 bits per heavy atom. The van der Waals surface area contributed by atoms with Gasteiger partial charge < -0.3 is 10.6 Å². The lowest BCUT2D eigenvalue weighted by molar-refractivity contribution is -0.115. The van der Waals surface area contributed by atoms with E-state index in [1.165, 1.54) is 0 Å². The highest BCUT2D eigenvalue weighted by Crippen LogP contribution is 2.15. The first-order valence-corrected chi connectivity index (χ1v) is 7.26. The van der Waals surface area contributed by atoms with Gasteiger partial charge in [0.15, 0.2) is 0 Å². The van der Waals surface area contributed by atoms with Crippen molar-refractivity contribution in [1.29, 1.82) is 5.26 Å². The van der Waals surface area contributed by atoms with Crippen LogP contribution in [-0.4, -0.2) is 11.8 Å². The van der Waals surface area contributed by atoms with Crippen LogP contribution in [0.4, 0.5) is 5.69 Å². The molecule has 0 heterocycles. The van der Waals surface area contributed by atoms with E-state index in [9.17, 15) is 9.59 Å². The second-order valence-corrected chi connectivity index (χ2v) is 5.14. The molecular weight excluding hydrogens is 314 g/mol. The molecule has 2 N–H and O–H groups in total. The summed E-state index contributed by atoms with van der Waals surface area (Å²) in [5.41, 5.74) is 1.84. The Balaban J connectivity index is 1.94. The number of carbonyl (C=O) groups excluding carboxylic acids is 2. The topological polar surface area (TPSA) is 82.0 Å². The Hall–Kier alpha value is -2.84. The van der Waals surface area contributed by atoms with E-state index in [0.717, 1.165) is 5.56 Å². The van der Waals surface area contributed by atoms with Crippen LogP contribution >= 0.6 is 11.6 Å². The van der Waals surface area contributed by atoms with E-state index in [1.54, 1.807) is 36.4 Å². The normalized spacial score (nSPS) is 9.74. The first-order chi connectivity index (χ1) is 11.1. The predicted molar refractivity (Wildman–Crippen MR) is 87.9 cm³/mol. The number of rotatable bonds is 5. The van der Waals surface area contributed by atoms with Crippen LogP contribution in [0.15, 0.2) is 48.5 Å². The van der Waals surface area contributed by atoms with Crippen molar-refractivity contribution in [3.05, 3.63) is 64.7 Å². The highest BCUT2D eigenvalue weighted by Gasteiger charge is 2.07. The van der Waals surface area contributed by atoms with Crippen molar-refractivity contribution in [3.8, 4) is 6.07 Å². The molecule has 0 saturated heterocycles. The summed E-state index contributed by atoms with van der Waals surface area (Å²) in [7, 11) is 0. The second-order valence-electron chi connectivity index (χ2n) is 4.73. The Morgan fingerprint density at radius 3 is 2.43 bits per heavy atom. The number of nitrogens with one attached hydrogen (secondary N) is 2. The lowest BCUT2D eigenvalue weighted by Crippen LogP contribution is -2.22. The number of hydrogen-bond donors (Lipinski definition) is 2. The molecule has 0 spiro atoms. The minimum atomic E-state index is -0.386. The number of amides is 2. The molecule has 116 valence electrons. The Kier molecular flexibility index (Phi) is 5.73. The van der Waals surface area contributed by atoms with E-state index in [4.69, 9.17) is 16.9 Å². The summed E-state index contributed by atoms with van der Waals surface area (Å²) in [5.74, 6) is -0.622. The lowest BCUT2D eigenvalue weighted by Gasteiger charge is -2.08. The highest BCUT2D eigenvalue weighted by molar-refractivity contribution is 6.31. The Morgan fingerprint density at radius 1 is 1.09 bits per heavy atom. The van der Waals surface area contributed by atoms with E-state index in [2.05, 4.69) is 10.6 Å². The third-order valence-electron chi connectivity index (χ3n) is 3.07. The van der Waals surface area contributed by atoms with Crippen molar-refractivity contribution in [2.45, 2.75) is 13.0 Å². The van der Waals surface area contributed by atoms with Gasteiger partial charge >= 0.3 is 0 Å². The minimum absolute atomic E-state index is 0.208. The van der Waals surface area contributed by atoms with Crippen LogP contribution in [0.3, 0.4) is 0 Å². The summed E-state index contributed by atoms with van der Waals surface area (Å²) in [6.07, 6.45) is -0.208. The molecule has 6 heteroatoms. The zero-order valence-corrected chi connectivity index (χ0v) is 12.9. The molecule has 23 heavy (non-hydrogen) atoms. The van der Waals surface area contributed by atoms with Gasteiger partial charge in [-0.15, -0.1) is 0 Å². The molecular formula is C17H14ClN3O2. The monoisotopic (exact) mass is 327 g/mol. The number of halogens is 1. The maximum absolute atomic E-state index is 12.1. The molecule has 2 aromatic rings. The van der Waals surface area contributed by atoms with Gasteiger partial charge in [-0.1, -0.05) is 29.8 Å². The van der Waals surface area contributed by atoms with Gasteiger partial charge in [0, 0.05) is 22.8 Å². The van der Waals surface area contributed by atoms with E-state index < -0.39 is 0 Å². The highest BCUT2D eigenvalue weighted by atomic mass is 35.5. The van der Waals surface area contributed by atoms with Gasteiger partial charge in [-0.3, -0.25) is 9.59 Å². The van der Waals surface area contributed by atoms with Crippen LogP contribution in [0.1, 0.15) is 22.3 Å². The first kappa shape index (κ1) is 16.5. The summed E-state index contributed by atoms with van der Waals surface area (Å²) in [5, 5.41) is 14.4. The van der Waals surface area contributed by atoms with Gasteiger partial charge in [0.25, 0.3) is 5.91 Å². The largest absolute Gasteiger partial charge is 0.348 e. The van der Waals surface area contributed by atoms with Crippen molar-refractivity contribution < 1.29 is 9.59 Å². The summed E-state index contributed by atoms with van der Waals surface area (Å²) in [4.78, 5) is 23.4. The molecule has 0 unspecified atom stereocenters. The van der Waals surface area contributed by atoms with Crippen LogP contribution in [-0.2, 0) is 11.3 Å². The van der Waals surface area contributed by atoms with Gasteiger partial charge in [0.1, 0.15) is 6.42 Å². The molecule has 5 nitrogen and oxygen atoms in total. The average molecular weight is 328 g/mol. The number of benzene rings is 2. The van der Waals surface area contributed by atoms with E-state index in [0.29, 0.717) is 22.8 Å². The zero-order chi connectivity index (χ0) is 16.7.